The molecule has 84 valence electrons. The molecule has 0 radical (unpaired) electrons. The third-order valence-corrected chi connectivity index (χ3v) is 4.59. The number of nitrogens with zero attached hydrogens (tertiary/aromatic N) is 4. The van der Waals surface area contributed by atoms with Gasteiger partial charge in [0.05, 0.1) is 4.47 Å². The molecule has 8 heteroatoms. The van der Waals surface area contributed by atoms with E-state index < -0.39 is 0 Å². The van der Waals surface area contributed by atoms with Crippen molar-refractivity contribution in [3.05, 3.63) is 15.8 Å². The molecule has 0 bridgehead atoms. The third-order valence-electron chi connectivity index (χ3n) is 1.69. The zero-order valence-corrected chi connectivity index (χ0v) is 11.8. The van der Waals surface area contributed by atoms with E-state index in [0.717, 1.165) is 24.7 Å². The second kappa shape index (κ2) is 5.07. The standard InChI is InChI=1S/C8H8BrN5S2/c1-4-13-14-8(15-4)16-7-5(9)6(10-2)11-3-12-7/h3H,1-2H3,(H,10,11,12). The van der Waals surface area contributed by atoms with Crippen LogP contribution < -0.4 is 5.32 Å². The van der Waals surface area contributed by atoms with Crippen molar-refractivity contribution in [1.29, 1.82) is 0 Å². The summed E-state index contributed by atoms with van der Waals surface area (Å²) in [5.74, 6) is 0.763. The molecule has 0 aromatic carbocycles. The number of hydrogen-bond acceptors (Lipinski definition) is 7. The molecule has 0 aliphatic rings. The molecule has 0 saturated carbocycles. The predicted octanol–water partition coefficient (Wildman–Crippen LogP) is 2.59. The third kappa shape index (κ3) is 2.50. The van der Waals surface area contributed by atoms with Gasteiger partial charge in [0.15, 0.2) is 4.34 Å². The van der Waals surface area contributed by atoms with Gasteiger partial charge in [-0.05, 0) is 34.6 Å². The molecule has 1 N–H and O–H groups in total. The molecule has 2 rings (SSSR count). The first-order chi connectivity index (χ1) is 7.70. The number of halogens is 1. The predicted molar refractivity (Wildman–Crippen MR) is 68.0 cm³/mol. The number of nitrogens with one attached hydrogen (secondary N) is 1. The molecule has 0 aliphatic carbocycles. The lowest BCUT2D eigenvalue weighted by Crippen LogP contribution is -1.96. The van der Waals surface area contributed by atoms with Gasteiger partial charge in [-0.25, -0.2) is 9.97 Å². The lowest BCUT2D eigenvalue weighted by molar-refractivity contribution is 0.974. The van der Waals surface area contributed by atoms with Crippen molar-refractivity contribution in [2.24, 2.45) is 0 Å². The molecule has 16 heavy (non-hydrogen) atoms. The van der Waals surface area contributed by atoms with Crippen LogP contribution in [0, 0.1) is 6.92 Å². The van der Waals surface area contributed by atoms with Crippen molar-refractivity contribution in [1.82, 2.24) is 20.2 Å². The highest BCUT2D eigenvalue weighted by molar-refractivity contribution is 9.10. The highest BCUT2D eigenvalue weighted by Gasteiger charge is 2.11. The molecule has 0 aliphatic heterocycles. The monoisotopic (exact) mass is 317 g/mol. The zero-order chi connectivity index (χ0) is 11.5. The van der Waals surface area contributed by atoms with Gasteiger partial charge in [-0.1, -0.05) is 11.3 Å². The largest absolute Gasteiger partial charge is 0.372 e. The minimum atomic E-state index is 0.763. The average Bonchev–Trinajstić information content (AvgIpc) is 2.67. The second-order valence-corrected chi connectivity index (χ2v) is 5.99. The van der Waals surface area contributed by atoms with Crippen molar-refractivity contribution in [3.63, 3.8) is 0 Å². The number of hydrogen-bond donors (Lipinski definition) is 1. The Bertz CT molecular complexity index is 501. The van der Waals surface area contributed by atoms with Crippen LogP contribution in [0.1, 0.15) is 5.01 Å². The summed E-state index contributed by atoms with van der Waals surface area (Å²) in [6.45, 7) is 1.93. The summed E-state index contributed by atoms with van der Waals surface area (Å²) >= 11 is 6.47. The zero-order valence-electron chi connectivity index (χ0n) is 8.56. The Morgan fingerprint density at radius 3 is 2.81 bits per heavy atom. The second-order valence-electron chi connectivity index (χ2n) is 2.78. The van der Waals surface area contributed by atoms with Gasteiger partial charge in [-0.15, -0.1) is 10.2 Å². The van der Waals surface area contributed by atoms with Crippen molar-refractivity contribution >= 4 is 44.8 Å². The molecule has 0 saturated heterocycles. The van der Waals surface area contributed by atoms with Gasteiger partial charge < -0.3 is 5.32 Å². The smallest absolute Gasteiger partial charge is 0.180 e. The fraction of sp³-hybridized carbons (Fsp3) is 0.250. The first-order valence-corrected chi connectivity index (χ1v) is 6.79. The minimum absolute atomic E-state index is 0.763. The van der Waals surface area contributed by atoms with Crippen LogP contribution in [0.5, 0.6) is 0 Å². The van der Waals surface area contributed by atoms with Crippen molar-refractivity contribution in [2.45, 2.75) is 16.3 Å². The van der Waals surface area contributed by atoms with E-state index in [1.54, 1.807) is 11.3 Å². The van der Waals surface area contributed by atoms with Gasteiger partial charge in [-0.3, -0.25) is 0 Å². The Morgan fingerprint density at radius 1 is 1.38 bits per heavy atom. The van der Waals surface area contributed by atoms with Gasteiger partial charge >= 0.3 is 0 Å². The van der Waals surface area contributed by atoms with Crippen LogP contribution in [0.2, 0.25) is 0 Å². The molecule has 0 unspecified atom stereocenters. The van der Waals surface area contributed by atoms with E-state index in [0.29, 0.717) is 0 Å². The number of rotatable bonds is 3. The van der Waals surface area contributed by atoms with Crippen LogP contribution in [0.4, 0.5) is 5.82 Å². The van der Waals surface area contributed by atoms with Gasteiger partial charge in [-0.2, -0.15) is 0 Å². The Kier molecular flexibility index (Phi) is 3.72. The first-order valence-electron chi connectivity index (χ1n) is 4.37. The van der Waals surface area contributed by atoms with Crippen molar-refractivity contribution in [3.8, 4) is 0 Å². The van der Waals surface area contributed by atoms with Gasteiger partial charge in [0.25, 0.3) is 0 Å². The maximum Gasteiger partial charge on any atom is 0.180 e. The number of aromatic nitrogens is 4. The molecule has 2 aromatic rings. The Morgan fingerprint density at radius 2 is 2.19 bits per heavy atom. The van der Waals surface area contributed by atoms with Crippen molar-refractivity contribution < 1.29 is 0 Å². The van der Waals surface area contributed by atoms with Crippen molar-refractivity contribution in [2.75, 3.05) is 12.4 Å². The van der Waals surface area contributed by atoms with E-state index in [4.69, 9.17) is 0 Å². The summed E-state index contributed by atoms with van der Waals surface area (Å²) in [6, 6.07) is 0. The van der Waals surface area contributed by atoms with Crippen LogP contribution in [0.25, 0.3) is 0 Å². The fourth-order valence-electron chi connectivity index (χ4n) is 1.00. The van der Waals surface area contributed by atoms with Gasteiger partial charge in [0.2, 0.25) is 0 Å². The van der Waals surface area contributed by atoms with Gasteiger partial charge in [0, 0.05) is 7.05 Å². The van der Waals surface area contributed by atoms with Crippen LogP contribution >= 0.6 is 39.0 Å². The summed E-state index contributed by atoms with van der Waals surface area (Å²) in [5.41, 5.74) is 0. The van der Waals surface area contributed by atoms with Crippen LogP contribution in [-0.2, 0) is 0 Å². The molecule has 2 aromatic heterocycles. The Hall–Kier alpha value is -0.730. The normalized spacial score (nSPS) is 10.4. The molecule has 0 atom stereocenters. The summed E-state index contributed by atoms with van der Waals surface area (Å²) < 4.78 is 1.72. The summed E-state index contributed by atoms with van der Waals surface area (Å²) in [4.78, 5) is 8.28. The minimum Gasteiger partial charge on any atom is -0.372 e. The van der Waals surface area contributed by atoms with Crippen LogP contribution in [0.3, 0.4) is 0 Å². The molecule has 0 amide bonds. The average molecular weight is 318 g/mol. The quantitative estimate of drug-likeness (QED) is 0.878. The van der Waals surface area contributed by atoms with E-state index in [1.807, 2.05) is 14.0 Å². The summed E-state index contributed by atoms with van der Waals surface area (Å²) in [5, 5.41) is 12.8. The maximum atomic E-state index is 4.20. The Labute approximate surface area is 109 Å². The highest BCUT2D eigenvalue weighted by atomic mass is 79.9. The van der Waals surface area contributed by atoms with E-state index in [-0.39, 0.29) is 0 Å². The van der Waals surface area contributed by atoms with Crippen LogP contribution in [0.15, 0.2) is 20.2 Å². The van der Waals surface area contributed by atoms with E-state index in [2.05, 4.69) is 41.4 Å². The molecule has 5 nitrogen and oxygen atoms in total. The maximum absolute atomic E-state index is 4.20. The molecular formula is C8H8BrN5S2. The lowest BCUT2D eigenvalue weighted by Gasteiger charge is -2.04. The molecular weight excluding hydrogens is 310 g/mol. The van der Waals surface area contributed by atoms with E-state index in [1.165, 1.54) is 18.1 Å². The highest BCUT2D eigenvalue weighted by Crippen LogP contribution is 2.35. The number of aryl methyl sites for hydroxylation is 1. The van der Waals surface area contributed by atoms with Gasteiger partial charge in [0.1, 0.15) is 22.2 Å². The SMILES string of the molecule is CNc1ncnc(Sc2nnc(C)s2)c1Br. The number of anilines is 1. The molecule has 0 fully saturated rings. The van der Waals surface area contributed by atoms with Crippen LogP contribution in [-0.4, -0.2) is 27.2 Å². The lowest BCUT2D eigenvalue weighted by atomic mass is 10.6. The van der Waals surface area contributed by atoms with E-state index >= 15 is 0 Å². The topological polar surface area (TPSA) is 63.6 Å². The Balaban J connectivity index is 2.28. The molecule has 2 heterocycles. The summed E-state index contributed by atoms with van der Waals surface area (Å²) in [6.07, 6.45) is 1.52. The first kappa shape index (κ1) is 11.7. The fourth-order valence-corrected chi connectivity index (χ4v) is 3.36. The van der Waals surface area contributed by atoms with E-state index in [9.17, 15) is 0 Å². The molecule has 0 spiro atoms. The summed E-state index contributed by atoms with van der Waals surface area (Å²) in [7, 11) is 1.82.